The van der Waals surface area contributed by atoms with Gasteiger partial charge in [-0.2, -0.15) is 0 Å². The Morgan fingerprint density at radius 1 is 1.38 bits per heavy atom. The monoisotopic (exact) mass is 134 g/mol. The van der Waals surface area contributed by atoms with Crippen LogP contribution in [0.1, 0.15) is 0 Å². The molecule has 3 heteroatoms. The van der Waals surface area contributed by atoms with Crippen LogP contribution < -0.4 is 5.73 Å². The molecule has 0 aliphatic rings. The van der Waals surface area contributed by atoms with Crippen LogP contribution in [0.25, 0.3) is 0 Å². The van der Waals surface area contributed by atoms with Gasteiger partial charge in [0.25, 0.3) is 0 Å². The van der Waals surface area contributed by atoms with Crippen molar-refractivity contribution in [1.82, 2.24) is 4.98 Å². The number of nitrogens with two attached hydrogens (primary N) is 1. The second-order valence-corrected chi connectivity index (χ2v) is 1.25. The fraction of sp³-hybridized carbons (Fsp3) is 0. The summed E-state index contributed by atoms with van der Waals surface area (Å²) < 4.78 is 0. The Hall–Kier alpha value is 0.586. The molecule has 0 aromatic carbocycles. The van der Waals surface area contributed by atoms with Crippen LogP contribution in [0.15, 0.2) is 24.4 Å². The number of hydrogen-bond acceptors (Lipinski definition) is 2. The molecule has 1 heterocycles. The molecule has 0 aliphatic carbocycles. The van der Waals surface area contributed by atoms with Crippen molar-refractivity contribution in [2.75, 3.05) is 5.73 Å². The summed E-state index contributed by atoms with van der Waals surface area (Å²) in [5, 5.41) is 0. The number of nitrogen functional groups attached to an aromatic ring is 1. The van der Waals surface area contributed by atoms with Crippen molar-refractivity contribution in [2.24, 2.45) is 0 Å². The van der Waals surface area contributed by atoms with E-state index in [0.29, 0.717) is 5.82 Å². The van der Waals surface area contributed by atoms with Crippen molar-refractivity contribution < 1.29 is 0 Å². The Kier molecular flexibility index (Phi) is 4.79. The van der Waals surface area contributed by atoms with Crippen molar-refractivity contribution in [3.05, 3.63) is 24.4 Å². The maximum absolute atomic E-state index is 5.25. The summed E-state index contributed by atoms with van der Waals surface area (Å²) in [4.78, 5) is 3.76. The summed E-state index contributed by atoms with van der Waals surface area (Å²) in [7, 11) is 0. The first-order valence-electron chi connectivity index (χ1n) is 2.06. The predicted octanol–water partition coefficient (Wildman–Crippen LogP) is 0.0153. The van der Waals surface area contributed by atoms with Gasteiger partial charge in [0.2, 0.25) is 0 Å². The van der Waals surface area contributed by atoms with E-state index in [1.807, 2.05) is 12.1 Å². The van der Waals surface area contributed by atoms with Gasteiger partial charge in [-0.25, -0.2) is 4.98 Å². The molecule has 0 aliphatic heterocycles. The van der Waals surface area contributed by atoms with Gasteiger partial charge in [0.05, 0.1) is 0 Å². The van der Waals surface area contributed by atoms with Gasteiger partial charge in [-0.3, -0.25) is 0 Å². The molecule has 0 amide bonds. The van der Waals surface area contributed by atoms with Crippen molar-refractivity contribution in [3.63, 3.8) is 0 Å². The zero-order chi connectivity index (χ0) is 5.11. The number of anilines is 1. The van der Waals surface area contributed by atoms with Crippen LogP contribution in [0.2, 0.25) is 0 Å². The normalized spacial score (nSPS) is 7.50. The molecule has 0 unspecified atom stereocenters. The molecule has 8 heavy (non-hydrogen) atoms. The van der Waals surface area contributed by atoms with Gasteiger partial charge in [0.1, 0.15) is 5.82 Å². The van der Waals surface area contributed by atoms with Crippen LogP contribution in [0.5, 0.6) is 0 Å². The second kappa shape index (κ2) is 4.46. The van der Waals surface area contributed by atoms with Gasteiger partial charge in [-0.05, 0) is 12.1 Å². The molecule has 0 fully saturated rings. The van der Waals surface area contributed by atoms with Crippen LogP contribution in [0.3, 0.4) is 0 Å². The fourth-order valence-corrected chi connectivity index (χ4v) is 0.376. The van der Waals surface area contributed by atoms with Crippen molar-refractivity contribution in [1.29, 1.82) is 0 Å². The molecule has 0 saturated carbocycles. The van der Waals surface area contributed by atoms with Gasteiger partial charge in [-0.15, -0.1) is 0 Å². The van der Waals surface area contributed by atoms with E-state index < -0.39 is 0 Å². The second-order valence-electron chi connectivity index (χ2n) is 1.25. The van der Waals surface area contributed by atoms with E-state index in [2.05, 4.69) is 4.98 Å². The topological polar surface area (TPSA) is 38.9 Å². The van der Waals surface area contributed by atoms with Crippen LogP contribution in [-0.2, 0) is 0 Å². The number of pyridine rings is 1. The zero-order valence-corrected chi connectivity index (χ0v) is 3.83. The number of rotatable bonds is 0. The third kappa shape index (κ3) is 2.79. The van der Waals surface area contributed by atoms with E-state index in [0.717, 1.165) is 0 Å². The van der Waals surface area contributed by atoms with Gasteiger partial charge < -0.3 is 5.73 Å². The van der Waals surface area contributed by atoms with Crippen molar-refractivity contribution in [2.45, 2.75) is 0 Å². The average molecular weight is 134 g/mol. The van der Waals surface area contributed by atoms with Crippen LogP contribution in [0, 0.1) is 0 Å². The quantitative estimate of drug-likeness (QED) is 0.508. The predicted molar refractivity (Wildman–Crippen MR) is 35.8 cm³/mol. The Balaban J connectivity index is 0.000000490. The van der Waals surface area contributed by atoms with Crippen LogP contribution in [0.4, 0.5) is 5.82 Å². The third-order valence-electron chi connectivity index (χ3n) is 0.688. The van der Waals surface area contributed by atoms with E-state index in [1.165, 1.54) is 0 Å². The SMILES string of the molecule is Nc1ccccn1.[KH]. The van der Waals surface area contributed by atoms with Gasteiger partial charge in [-0.1, -0.05) is 6.07 Å². The molecule has 0 bridgehead atoms. The summed E-state index contributed by atoms with van der Waals surface area (Å²) in [6.45, 7) is 0. The van der Waals surface area contributed by atoms with E-state index in [-0.39, 0.29) is 51.4 Å². The van der Waals surface area contributed by atoms with Crippen molar-refractivity contribution >= 4 is 57.2 Å². The molecular weight excluding hydrogens is 127 g/mol. The zero-order valence-electron chi connectivity index (χ0n) is 3.83. The summed E-state index contributed by atoms with van der Waals surface area (Å²) in [6.07, 6.45) is 1.66. The molecule has 1 aromatic heterocycles. The summed E-state index contributed by atoms with van der Waals surface area (Å²) in [5.74, 6) is 0.572. The molecular formula is C5H7KN2. The number of nitrogens with zero attached hydrogens (tertiary/aromatic N) is 1. The van der Waals surface area contributed by atoms with Crippen LogP contribution in [-0.4, -0.2) is 56.4 Å². The third-order valence-corrected chi connectivity index (χ3v) is 0.688. The Labute approximate surface area is 90.9 Å². The molecule has 0 radical (unpaired) electrons. The molecule has 38 valence electrons. The molecule has 1 aromatic rings. The van der Waals surface area contributed by atoms with Gasteiger partial charge in [0, 0.05) is 6.20 Å². The molecule has 0 saturated heterocycles. The first kappa shape index (κ1) is 8.59. The minimum atomic E-state index is 0. The standard InChI is InChI=1S/C5H6N2.K.H/c6-5-3-1-2-4-7-5;;/h1-4H,(H2,6,7);;. The molecule has 0 atom stereocenters. The van der Waals surface area contributed by atoms with E-state index in [1.54, 1.807) is 12.3 Å². The van der Waals surface area contributed by atoms with E-state index in [4.69, 9.17) is 5.73 Å². The Morgan fingerprint density at radius 3 is 2.38 bits per heavy atom. The first-order chi connectivity index (χ1) is 3.39. The number of aromatic nitrogens is 1. The Morgan fingerprint density at radius 2 is 2.12 bits per heavy atom. The molecule has 0 spiro atoms. The molecule has 2 N–H and O–H groups in total. The summed E-state index contributed by atoms with van der Waals surface area (Å²) >= 11 is 0. The van der Waals surface area contributed by atoms with Crippen molar-refractivity contribution in [3.8, 4) is 0 Å². The average Bonchev–Trinajstić information content (AvgIpc) is 1.69. The minimum absolute atomic E-state index is 0. The first-order valence-corrected chi connectivity index (χ1v) is 2.06. The molecule has 1 rings (SSSR count). The fourth-order valence-electron chi connectivity index (χ4n) is 0.376. The summed E-state index contributed by atoms with van der Waals surface area (Å²) in [6, 6.07) is 5.43. The Bertz CT molecular complexity index is 140. The molecule has 2 nitrogen and oxygen atoms in total. The maximum atomic E-state index is 5.25. The van der Waals surface area contributed by atoms with E-state index in [9.17, 15) is 0 Å². The number of hydrogen-bond donors (Lipinski definition) is 1. The van der Waals surface area contributed by atoms with Gasteiger partial charge >= 0.3 is 51.4 Å². The van der Waals surface area contributed by atoms with Gasteiger partial charge in [0.15, 0.2) is 0 Å². The summed E-state index contributed by atoms with van der Waals surface area (Å²) in [5.41, 5.74) is 5.25. The van der Waals surface area contributed by atoms with E-state index >= 15 is 0 Å². The van der Waals surface area contributed by atoms with Crippen LogP contribution >= 0.6 is 0 Å².